The van der Waals surface area contributed by atoms with Gasteiger partial charge in [-0.15, -0.1) is 11.3 Å². The number of imide groups is 1. The second-order valence-corrected chi connectivity index (χ2v) is 11.6. The summed E-state index contributed by atoms with van der Waals surface area (Å²) in [6.45, 7) is 4.34. The van der Waals surface area contributed by atoms with Gasteiger partial charge < -0.3 is 19.3 Å². The van der Waals surface area contributed by atoms with E-state index in [1.165, 1.54) is 21.8 Å². The lowest BCUT2D eigenvalue weighted by Crippen LogP contribution is -2.46. The molecule has 0 unspecified atom stereocenters. The van der Waals surface area contributed by atoms with Crippen LogP contribution in [0, 0.1) is 5.92 Å². The molecular formula is C31H33N3O5S. The average Bonchev–Trinajstić information content (AvgIpc) is 3.62. The first-order valence-electron chi connectivity index (χ1n) is 13.7. The van der Waals surface area contributed by atoms with Crippen LogP contribution in [0.15, 0.2) is 47.8 Å². The minimum Gasteiger partial charge on any atom is -0.493 e. The predicted octanol–water partition coefficient (Wildman–Crippen LogP) is 4.92. The molecule has 3 amide bonds. The molecule has 0 aliphatic carbocycles. The summed E-state index contributed by atoms with van der Waals surface area (Å²) in [7, 11) is 3.25. The molecule has 1 fully saturated rings. The van der Waals surface area contributed by atoms with E-state index in [-0.39, 0.29) is 29.7 Å². The Morgan fingerprint density at radius 3 is 2.50 bits per heavy atom. The van der Waals surface area contributed by atoms with E-state index in [2.05, 4.69) is 4.90 Å². The molecule has 3 aromatic rings. The van der Waals surface area contributed by atoms with Gasteiger partial charge >= 0.3 is 0 Å². The van der Waals surface area contributed by atoms with Crippen molar-refractivity contribution < 1.29 is 23.9 Å². The Morgan fingerprint density at radius 2 is 1.77 bits per heavy atom. The zero-order valence-electron chi connectivity index (χ0n) is 23.0. The highest BCUT2D eigenvalue weighted by Crippen LogP contribution is 2.39. The first-order valence-corrected chi connectivity index (χ1v) is 14.6. The standard InChI is InChI=1S/C31H33N3O5S/c1-19(27-10-6-14-40-27)34-30(36)23-8-4-9-24(28(23)31(34)37)32-12-5-7-21(17-32)29(35)33-13-11-20-15-25(38-2)26(39-3)16-22(20)18-33/h4,6,8-10,14-16,19,21H,5,7,11-13,17-18H2,1-3H3/t19-,21+/m0/s1. The maximum Gasteiger partial charge on any atom is 0.264 e. The Balaban J connectivity index is 1.21. The highest BCUT2D eigenvalue weighted by molar-refractivity contribution is 7.10. The van der Waals surface area contributed by atoms with Crippen LogP contribution in [0.2, 0.25) is 0 Å². The Labute approximate surface area is 238 Å². The van der Waals surface area contributed by atoms with Crippen LogP contribution >= 0.6 is 11.3 Å². The number of nitrogens with zero attached hydrogens (tertiary/aromatic N) is 3. The van der Waals surface area contributed by atoms with E-state index in [4.69, 9.17) is 9.47 Å². The number of carbonyl (C=O) groups excluding carboxylic acids is 3. The van der Waals surface area contributed by atoms with Gasteiger partial charge in [0.05, 0.1) is 43.0 Å². The Bertz CT molecular complexity index is 1470. The SMILES string of the molecule is COc1cc2c(cc1OC)CN(C(=O)[C@@H]1CCCN(c3cccc4c3C(=O)N([C@@H](C)c3cccs3)C4=O)C1)CC2. The highest BCUT2D eigenvalue weighted by Gasteiger charge is 2.42. The minimum absolute atomic E-state index is 0.132. The molecule has 1 saturated heterocycles. The first-order chi connectivity index (χ1) is 19.4. The smallest absolute Gasteiger partial charge is 0.264 e. The van der Waals surface area contributed by atoms with Gasteiger partial charge in [-0.1, -0.05) is 12.1 Å². The number of piperidine rings is 1. The molecule has 1 aromatic heterocycles. The lowest BCUT2D eigenvalue weighted by molar-refractivity contribution is -0.136. The van der Waals surface area contributed by atoms with Crippen LogP contribution in [0.5, 0.6) is 11.5 Å². The van der Waals surface area contributed by atoms with Crippen LogP contribution in [0.25, 0.3) is 0 Å². The summed E-state index contributed by atoms with van der Waals surface area (Å²) < 4.78 is 10.9. The molecule has 3 aliphatic heterocycles. The summed E-state index contributed by atoms with van der Waals surface area (Å²) in [6.07, 6.45) is 2.40. The third kappa shape index (κ3) is 4.42. The molecule has 6 rings (SSSR count). The van der Waals surface area contributed by atoms with Gasteiger partial charge in [0.15, 0.2) is 11.5 Å². The van der Waals surface area contributed by atoms with Gasteiger partial charge in [0.25, 0.3) is 11.8 Å². The number of thiophene rings is 1. The summed E-state index contributed by atoms with van der Waals surface area (Å²) in [5.41, 5.74) is 3.90. The summed E-state index contributed by atoms with van der Waals surface area (Å²) in [4.78, 5) is 47.2. The monoisotopic (exact) mass is 559 g/mol. The van der Waals surface area contributed by atoms with Crippen LogP contribution in [0.4, 0.5) is 5.69 Å². The molecule has 0 radical (unpaired) electrons. The quantitative estimate of drug-likeness (QED) is 0.399. The normalized spacial score (nSPS) is 19.4. The fourth-order valence-corrected chi connectivity index (χ4v) is 7.06. The highest BCUT2D eigenvalue weighted by atomic mass is 32.1. The second kappa shape index (κ2) is 10.6. The Hall–Kier alpha value is -3.85. The summed E-state index contributed by atoms with van der Waals surface area (Å²) >= 11 is 1.54. The van der Waals surface area contributed by atoms with Crippen molar-refractivity contribution in [1.82, 2.24) is 9.80 Å². The number of amides is 3. The molecule has 3 aliphatic rings. The van der Waals surface area contributed by atoms with Crippen molar-refractivity contribution in [1.29, 1.82) is 0 Å². The number of ether oxygens (including phenoxy) is 2. The van der Waals surface area contributed by atoms with E-state index in [1.807, 2.05) is 53.6 Å². The van der Waals surface area contributed by atoms with Crippen molar-refractivity contribution in [2.45, 2.75) is 38.8 Å². The molecule has 0 spiro atoms. The van der Waals surface area contributed by atoms with E-state index in [1.54, 1.807) is 20.3 Å². The second-order valence-electron chi connectivity index (χ2n) is 10.6. The van der Waals surface area contributed by atoms with Gasteiger partial charge in [-0.3, -0.25) is 19.3 Å². The Morgan fingerprint density at radius 1 is 1.00 bits per heavy atom. The van der Waals surface area contributed by atoms with Crippen molar-refractivity contribution >= 4 is 34.7 Å². The number of benzene rings is 2. The summed E-state index contributed by atoms with van der Waals surface area (Å²) in [5.74, 6) is 0.802. The van der Waals surface area contributed by atoms with E-state index >= 15 is 0 Å². The maximum absolute atomic E-state index is 13.8. The molecule has 9 heteroatoms. The average molecular weight is 560 g/mol. The summed E-state index contributed by atoms with van der Waals surface area (Å²) in [5, 5.41) is 1.95. The predicted molar refractivity (Wildman–Crippen MR) is 153 cm³/mol. The third-order valence-electron chi connectivity index (χ3n) is 8.41. The number of hydrogen-bond donors (Lipinski definition) is 0. The summed E-state index contributed by atoms with van der Waals surface area (Å²) in [6, 6.07) is 13.0. The lowest BCUT2D eigenvalue weighted by Gasteiger charge is -2.38. The van der Waals surface area contributed by atoms with Crippen LogP contribution in [-0.4, -0.2) is 61.4 Å². The minimum atomic E-state index is -0.337. The van der Waals surface area contributed by atoms with Gasteiger partial charge in [0.2, 0.25) is 5.91 Å². The Kier molecular flexibility index (Phi) is 7.00. The molecule has 208 valence electrons. The van der Waals surface area contributed by atoms with E-state index < -0.39 is 0 Å². The van der Waals surface area contributed by atoms with Gasteiger partial charge in [0, 0.05) is 31.1 Å². The first kappa shape index (κ1) is 26.4. The van der Waals surface area contributed by atoms with Crippen molar-refractivity contribution in [3.05, 3.63) is 75.0 Å². The van der Waals surface area contributed by atoms with Crippen LogP contribution in [-0.2, 0) is 17.8 Å². The van der Waals surface area contributed by atoms with Gasteiger partial charge in [0.1, 0.15) is 0 Å². The van der Waals surface area contributed by atoms with Crippen molar-refractivity contribution in [2.24, 2.45) is 5.92 Å². The molecule has 4 heterocycles. The van der Waals surface area contributed by atoms with Crippen molar-refractivity contribution in [3.63, 3.8) is 0 Å². The van der Waals surface area contributed by atoms with E-state index in [0.29, 0.717) is 42.3 Å². The molecular weight excluding hydrogens is 526 g/mol. The largest absolute Gasteiger partial charge is 0.493 e. The van der Waals surface area contributed by atoms with E-state index in [0.717, 1.165) is 41.9 Å². The number of fused-ring (bicyclic) bond motifs is 2. The zero-order valence-corrected chi connectivity index (χ0v) is 23.8. The van der Waals surface area contributed by atoms with Crippen LogP contribution in [0.3, 0.4) is 0 Å². The van der Waals surface area contributed by atoms with Gasteiger partial charge in [-0.2, -0.15) is 0 Å². The topological polar surface area (TPSA) is 79.4 Å². The molecule has 0 bridgehead atoms. The maximum atomic E-state index is 13.8. The third-order valence-corrected chi connectivity index (χ3v) is 9.45. The number of methoxy groups -OCH3 is 2. The van der Waals surface area contributed by atoms with E-state index in [9.17, 15) is 14.4 Å². The zero-order chi connectivity index (χ0) is 28.0. The van der Waals surface area contributed by atoms with Crippen LogP contribution in [0.1, 0.15) is 62.5 Å². The number of hydrogen-bond acceptors (Lipinski definition) is 7. The molecule has 0 saturated carbocycles. The molecule has 0 N–H and O–H groups in total. The molecule has 2 aromatic carbocycles. The van der Waals surface area contributed by atoms with Gasteiger partial charge in [-0.05, 0) is 73.0 Å². The molecule has 8 nitrogen and oxygen atoms in total. The van der Waals surface area contributed by atoms with Gasteiger partial charge in [-0.25, -0.2) is 0 Å². The fraction of sp³-hybridized carbons (Fsp3) is 0.387. The lowest BCUT2D eigenvalue weighted by atomic mass is 9.92. The van der Waals surface area contributed by atoms with Crippen molar-refractivity contribution in [3.8, 4) is 11.5 Å². The molecule has 40 heavy (non-hydrogen) atoms. The van der Waals surface area contributed by atoms with Crippen LogP contribution < -0.4 is 14.4 Å². The van der Waals surface area contributed by atoms with Crippen molar-refractivity contribution in [2.75, 3.05) is 38.8 Å². The fourth-order valence-electron chi connectivity index (χ4n) is 6.28. The molecule has 2 atom stereocenters. The number of rotatable bonds is 6. The number of carbonyl (C=O) groups is 3. The number of anilines is 1.